The fraction of sp³-hybridized carbons (Fsp3) is 0.182. The number of aromatic nitrogens is 3. The average molecular weight is 266 g/mol. The van der Waals surface area contributed by atoms with E-state index in [2.05, 4.69) is 15.1 Å². The fourth-order valence-electron chi connectivity index (χ4n) is 1.64. The highest BCUT2D eigenvalue weighted by molar-refractivity contribution is 7.18. The first-order valence-corrected chi connectivity index (χ1v) is 6.20. The Kier molecular flexibility index (Phi) is 2.38. The molecule has 3 aromatic rings. The van der Waals surface area contributed by atoms with Gasteiger partial charge in [-0.1, -0.05) is 16.8 Å². The third-order valence-electron chi connectivity index (χ3n) is 2.64. The molecular formula is C11H8ClN3OS. The molecule has 0 amide bonds. The molecule has 0 aliphatic heterocycles. The summed E-state index contributed by atoms with van der Waals surface area (Å²) < 4.78 is 5.03. The van der Waals surface area contributed by atoms with Gasteiger partial charge in [0.1, 0.15) is 9.98 Å². The lowest BCUT2D eigenvalue weighted by atomic mass is 10.2. The second-order valence-corrected chi connectivity index (χ2v) is 5.24. The maximum atomic E-state index is 6.19. The van der Waals surface area contributed by atoms with Crippen molar-refractivity contribution in [2.24, 2.45) is 0 Å². The Bertz CT molecular complexity index is 690. The number of halogens is 1. The van der Waals surface area contributed by atoms with Gasteiger partial charge in [-0.15, -0.1) is 11.3 Å². The molecule has 0 saturated heterocycles. The van der Waals surface area contributed by atoms with Crippen molar-refractivity contribution in [2.75, 3.05) is 0 Å². The van der Waals surface area contributed by atoms with Crippen LogP contribution in [0.5, 0.6) is 0 Å². The number of rotatable bonds is 1. The number of thiophene rings is 1. The van der Waals surface area contributed by atoms with Crippen LogP contribution < -0.4 is 0 Å². The molecule has 3 rings (SSSR count). The first-order chi connectivity index (χ1) is 8.16. The molecule has 0 radical (unpaired) electrons. The summed E-state index contributed by atoms with van der Waals surface area (Å²) in [7, 11) is 0. The van der Waals surface area contributed by atoms with Crippen molar-refractivity contribution < 1.29 is 4.52 Å². The largest absolute Gasteiger partial charge is 0.353 e. The Morgan fingerprint density at radius 2 is 2.12 bits per heavy atom. The van der Waals surface area contributed by atoms with E-state index in [1.54, 1.807) is 23.6 Å². The molecule has 0 atom stereocenters. The summed E-state index contributed by atoms with van der Waals surface area (Å²) in [4.78, 5) is 10.8. The zero-order chi connectivity index (χ0) is 12.0. The van der Waals surface area contributed by atoms with Gasteiger partial charge in [0.15, 0.2) is 0 Å². The molecule has 0 aliphatic rings. The normalized spacial score (nSPS) is 11.2. The summed E-state index contributed by atoms with van der Waals surface area (Å²) in [6, 6.07) is 1.71. The van der Waals surface area contributed by atoms with Gasteiger partial charge in [0.2, 0.25) is 11.6 Å². The summed E-state index contributed by atoms with van der Waals surface area (Å²) in [5.41, 5.74) is 1.14. The predicted octanol–water partition coefficient (Wildman–Crippen LogP) is 3.62. The molecule has 17 heavy (non-hydrogen) atoms. The predicted molar refractivity (Wildman–Crippen MR) is 67.4 cm³/mol. The second-order valence-electron chi connectivity index (χ2n) is 3.68. The van der Waals surface area contributed by atoms with Gasteiger partial charge in [-0.05, 0) is 19.4 Å². The number of nitrogens with zero attached hydrogens (tertiary/aromatic N) is 3. The average Bonchev–Trinajstić information content (AvgIpc) is 2.88. The fourth-order valence-corrected chi connectivity index (χ4v) is 3.04. The zero-order valence-electron chi connectivity index (χ0n) is 9.19. The number of fused-ring (bicyclic) bond motifs is 1. The molecule has 0 N–H and O–H groups in total. The van der Waals surface area contributed by atoms with E-state index in [0.29, 0.717) is 16.7 Å². The molecule has 4 nitrogen and oxygen atoms in total. The highest BCUT2D eigenvalue weighted by atomic mass is 35.5. The first kappa shape index (κ1) is 10.7. The molecule has 0 saturated carbocycles. The highest BCUT2D eigenvalue weighted by Gasteiger charge is 2.15. The van der Waals surface area contributed by atoms with Crippen LogP contribution >= 0.6 is 22.9 Å². The Hall–Kier alpha value is -1.46. The lowest BCUT2D eigenvalue weighted by Crippen LogP contribution is -1.89. The Morgan fingerprint density at radius 1 is 1.29 bits per heavy atom. The van der Waals surface area contributed by atoms with Crippen molar-refractivity contribution in [1.82, 2.24) is 15.1 Å². The maximum absolute atomic E-state index is 6.19. The van der Waals surface area contributed by atoms with Crippen LogP contribution in [0.2, 0.25) is 5.15 Å². The first-order valence-electron chi connectivity index (χ1n) is 5.01. The van der Waals surface area contributed by atoms with Crippen molar-refractivity contribution in [1.29, 1.82) is 0 Å². The summed E-state index contributed by atoms with van der Waals surface area (Å²) in [6.07, 6.45) is 1.56. The monoisotopic (exact) mass is 265 g/mol. The molecule has 0 aromatic carbocycles. The Morgan fingerprint density at radius 3 is 2.82 bits per heavy atom. The maximum Gasteiger partial charge on any atom is 0.204 e. The van der Waals surface area contributed by atoms with Crippen LogP contribution in [0.3, 0.4) is 0 Å². The minimum Gasteiger partial charge on any atom is -0.353 e. The van der Waals surface area contributed by atoms with Gasteiger partial charge < -0.3 is 4.52 Å². The van der Waals surface area contributed by atoms with Gasteiger partial charge in [0.25, 0.3) is 0 Å². The third kappa shape index (κ3) is 1.62. The van der Waals surface area contributed by atoms with E-state index >= 15 is 0 Å². The van der Waals surface area contributed by atoms with Gasteiger partial charge in [-0.3, -0.25) is 0 Å². The van der Waals surface area contributed by atoms with Crippen molar-refractivity contribution in [2.45, 2.75) is 13.8 Å². The second kappa shape index (κ2) is 3.78. The lowest BCUT2D eigenvalue weighted by Gasteiger charge is -1.98. The SMILES string of the molecule is Cc1sc2nc(-c3ccno3)nc(Cl)c2c1C. The smallest absolute Gasteiger partial charge is 0.204 e. The van der Waals surface area contributed by atoms with E-state index in [0.717, 1.165) is 15.8 Å². The summed E-state index contributed by atoms with van der Waals surface area (Å²) in [5, 5.41) is 5.03. The number of aryl methyl sites for hydroxylation is 2. The summed E-state index contributed by atoms with van der Waals surface area (Å²) in [5.74, 6) is 0.999. The van der Waals surface area contributed by atoms with E-state index < -0.39 is 0 Å². The number of hydrogen-bond donors (Lipinski definition) is 0. The molecule has 3 heterocycles. The van der Waals surface area contributed by atoms with Gasteiger partial charge in [0.05, 0.1) is 11.6 Å². The van der Waals surface area contributed by atoms with Gasteiger partial charge in [0, 0.05) is 10.9 Å². The molecule has 0 spiro atoms. The molecular weight excluding hydrogens is 258 g/mol. The molecule has 0 aliphatic carbocycles. The van der Waals surface area contributed by atoms with E-state index in [1.165, 1.54) is 4.88 Å². The molecule has 6 heteroatoms. The summed E-state index contributed by atoms with van der Waals surface area (Å²) in [6.45, 7) is 4.07. The van der Waals surface area contributed by atoms with Crippen molar-refractivity contribution in [3.8, 4) is 11.6 Å². The van der Waals surface area contributed by atoms with Gasteiger partial charge in [-0.2, -0.15) is 0 Å². The topological polar surface area (TPSA) is 51.8 Å². The minimum atomic E-state index is 0.461. The molecule has 0 unspecified atom stereocenters. The van der Waals surface area contributed by atoms with E-state index in [1.807, 2.05) is 13.8 Å². The minimum absolute atomic E-state index is 0.461. The zero-order valence-corrected chi connectivity index (χ0v) is 10.8. The summed E-state index contributed by atoms with van der Waals surface area (Å²) >= 11 is 7.80. The lowest BCUT2D eigenvalue weighted by molar-refractivity contribution is 0.430. The Labute approximate surface area is 106 Å². The van der Waals surface area contributed by atoms with Crippen LogP contribution in [0.25, 0.3) is 21.8 Å². The molecule has 86 valence electrons. The van der Waals surface area contributed by atoms with Crippen LogP contribution in [0.15, 0.2) is 16.8 Å². The molecule has 0 bridgehead atoms. The molecule has 0 fully saturated rings. The van der Waals surface area contributed by atoms with Crippen LogP contribution in [0, 0.1) is 13.8 Å². The standard InChI is InChI=1S/C11H8ClN3OS/c1-5-6(2)17-11-8(5)9(12)14-10(15-11)7-3-4-13-16-7/h3-4H,1-2H3. The van der Waals surface area contributed by atoms with Crippen molar-refractivity contribution >= 4 is 33.2 Å². The van der Waals surface area contributed by atoms with Crippen molar-refractivity contribution in [3.05, 3.63) is 27.9 Å². The van der Waals surface area contributed by atoms with Crippen molar-refractivity contribution in [3.63, 3.8) is 0 Å². The van der Waals surface area contributed by atoms with E-state index in [4.69, 9.17) is 16.1 Å². The quantitative estimate of drug-likeness (QED) is 0.631. The van der Waals surface area contributed by atoms with E-state index in [-0.39, 0.29) is 0 Å². The van der Waals surface area contributed by atoms with Crippen LogP contribution in [-0.2, 0) is 0 Å². The Balaban J connectivity index is 2.32. The van der Waals surface area contributed by atoms with Crippen LogP contribution in [0.1, 0.15) is 10.4 Å². The van der Waals surface area contributed by atoms with Gasteiger partial charge in [-0.25, -0.2) is 9.97 Å². The van der Waals surface area contributed by atoms with Crippen LogP contribution in [-0.4, -0.2) is 15.1 Å². The third-order valence-corrected chi connectivity index (χ3v) is 4.02. The van der Waals surface area contributed by atoms with E-state index in [9.17, 15) is 0 Å². The van der Waals surface area contributed by atoms with Gasteiger partial charge >= 0.3 is 0 Å². The van der Waals surface area contributed by atoms with Crippen LogP contribution in [0.4, 0.5) is 0 Å². The molecule has 3 aromatic heterocycles. The highest BCUT2D eigenvalue weighted by Crippen LogP contribution is 2.34. The number of hydrogen-bond acceptors (Lipinski definition) is 5.